The summed E-state index contributed by atoms with van der Waals surface area (Å²) in [6, 6.07) is 6.87. The van der Waals surface area contributed by atoms with Crippen LogP contribution in [-0.4, -0.2) is 24.1 Å². The summed E-state index contributed by atoms with van der Waals surface area (Å²) in [6.07, 6.45) is 2.03. The quantitative estimate of drug-likeness (QED) is 0.811. The second-order valence-electron chi connectivity index (χ2n) is 6.19. The molecule has 1 saturated carbocycles. The predicted molar refractivity (Wildman–Crippen MR) is 84.4 cm³/mol. The molecule has 21 heavy (non-hydrogen) atoms. The third-order valence-electron chi connectivity index (χ3n) is 3.48. The van der Waals surface area contributed by atoms with E-state index in [0.717, 1.165) is 17.9 Å². The molecule has 0 spiro atoms. The number of carbonyl (C=O) groups is 1. The minimum absolute atomic E-state index is 0.0772. The summed E-state index contributed by atoms with van der Waals surface area (Å²) in [6.45, 7) is 8.54. The summed E-state index contributed by atoms with van der Waals surface area (Å²) in [5.41, 5.74) is 2.32. The van der Waals surface area contributed by atoms with Crippen molar-refractivity contribution in [3.05, 3.63) is 29.3 Å². The van der Waals surface area contributed by atoms with Crippen molar-refractivity contribution in [2.24, 2.45) is 0 Å². The number of hydrogen-bond donors (Lipinski definition) is 2. The van der Waals surface area contributed by atoms with Crippen LogP contribution in [0.15, 0.2) is 18.2 Å². The molecule has 1 atom stereocenters. The average Bonchev–Trinajstić information content (AvgIpc) is 3.22. The number of nitrogens with one attached hydrogen (secondary N) is 2. The van der Waals surface area contributed by atoms with Gasteiger partial charge in [-0.2, -0.15) is 0 Å². The molecule has 0 heterocycles. The molecular formula is C17H26N2O2. The Morgan fingerprint density at radius 3 is 2.67 bits per heavy atom. The van der Waals surface area contributed by atoms with Gasteiger partial charge in [0, 0.05) is 24.2 Å². The van der Waals surface area contributed by atoms with Gasteiger partial charge in [-0.1, -0.05) is 17.7 Å². The SMILES string of the molecule is Cc1ccc(OC(C)C(=O)NC(C)C)c(CNC2CC2)c1. The van der Waals surface area contributed by atoms with Gasteiger partial charge in [0.2, 0.25) is 0 Å². The van der Waals surface area contributed by atoms with E-state index in [1.165, 1.54) is 18.4 Å². The lowest BCUT2D eigenvalue weighted by atomic mass is 10.1. The van der Waals surface area contributed by atoms with Crippen molar-refractivity contribution in [2.45, 2.75) is 65.3 Å². The minimum atomic E-state index is -0.491. The van der Waals surface area contributed by atoms with E-state index in [-0.39, 0.29) is 11.9 Å². The topological polar surface area (TPSA) is 50.4 Å². The third kappa shape index (κ3) is 5.05. The molecule has 1 fully saturated rings. The number of carbonyl (C=O) groups excluding carboxylic acids is 1. The van der Waals surface area contributed by atoms with E-state index in [0.29, 0.717) is 6.04 Å². The molecule has 0 radical (unpaired) electrons. The standard InChI is InChI=1S/C17H26N2O2/c1-11(2)19-17(20)13(4)21-16-8-5-12(3)9-14(16)10-18-15-6-7-15/h5,8-9,11,13,15,18H,6-7,10H2,1-4H3,(H,19,20). The molecule has 0 aliphatic heterocycles. The van der Waals surface area contributed by atoms with Gasteiger partial charge in [0.25, 0.3) is 5.91 Å². The molecule has 1 aliphatic rings. The van der Waals surface area contributed by atoms with Gasteiger partial charge in [-0.3, -0.25) is 4.79 Å². The van der Waals surface area contributed by atoms with Crippen LogP contribution in [-0.2, 0) is 11.3 Å². The first kappa shape index (κ1) is 15.8. The zero-order valence-corrected chi connectivity index (χ0v) is 13.4. The Bertz CT molecular complexity index is 496. The maximum Gasteiger partial charge on any atom is 0.260 e. The second-order valence-corrected chi connectivity index (χ2v) is 6.19. The monoisotopic (exact) mass is 290 g/mol. The van der Waals surface area contributed by atoms with E-state index < -0.39 is 6.10 Å². The van der Waals surface area contributed by atoms with Crippen molar-refractivity contribution in [2.75, 3.05) is 0 Å². The normalized spacial score (nSPS) is 15.9. The fraction of sp³-hybridized carbons (Fsp3) is 0.588. The zero-order chi connectivity index (χ0) is 15.4. The van der Waals surface area contributed by atoms with Gasteiger partial charge < -0.3 is 15.4 Å². The molecule has 1 aromatic rings. The van der Waals surface area contributed by atoms with Crippen LogP contribution in [0.2, 0.25) is 0 Å². The van der Waals surface area contributed by atoms with Gasteiger partial charge in [-0.25, -0.2) is 0 Å². The van der Waals surface area contributed by atoms with Crippen molar-refractivity contribution in [3.63, 3.8) is 0 Å². The highest BCUT2D eigenvalue weighted by molar-refractivity contribution is 5.80. The van der Waals surface area contributed by atoms with Crippen LogP contribution in [0.4, 0.5) is 0 Å². The van der Waals surface area contributed by atoms with Crippen molar-refractivity contribution < 1.29 is 9.53 Å². The van der Waals surface area contributed by atoms with E-state index in [9.17, 15) is 4.79 Å². The summed E-state index contributed by atoms with van der Waals surface area (Å²) < 4.78 is 5.86. The van der Waals surface area contributed by atoms with Gasteiger partial charge in [0.1, 0.15) is 5.75 Å². The number of rotatable bonds is 7. The fourth-order valence-corrected chi connectivity index (χ4v) is 2.15. The summed E-state index contributed by atoms with van der Waals surface area (Å²) in [5.74, 6) is 0.715. The maximum atomic E-state index is 12.0. The molecule has 0 saturated heterocycles. The summed E-state index contributed by atoms with van der Waals surface area (Å²) >= 11 is 0. The molecule has 1 aromatic carbocycles. The zero-order valence-electron chi connectivity index (χ0n) is 13.4. The molecule has 0 aromatic heterocycles. The Morgan fingerprint density at radius 1 is 1.33 bits per heavy atom. The molecule has 4 nitrogen and oxygen atoms in total. The van der Waals surface area contributed by atoms with Crippen LogP contribution in [0.5, 0.6) is 5.75 Å². The van der Waals surface area contributed by atoms with Gasteiger partial charge in [-0.15, -0.1) is 0 Å². The highest BCUT2D eigenvalue weighted by atomic mass is 16.5. The molecule has 4 heteroatoms. The first-order valence-corrected chi connectivity index (χ1v) is 7.75. The summed E-state index contributed by atoms with van der Waals surface area (Å²) in [5, 5.41) is 6.37. The lowest BCUT2D eigenvalue weighted by Crippen LogP contribution is -2.40. The van der Waals surface area contributed by atoms with Crippen molar-refractivity contribution >= 4 is 5.91 Å². The number of amides is 1. The Balaban J connectivity index is 2.01. The van der Waals surface area contributed by atoms with Crippen LogP contribution < -0.4 is 15.4 Å². The smallest absolute Gasteiger partial charge is 0.260 e. The second kappa shape index (κ2) is 6.94. The van der Waals surface area contributed by atoms with Crippen LogP contribution >= 0.6 is 0 Å². The van der Waals surface area contributed by atoms with Crippen LogP contribution in [0.1, 0.15) is 44.7 Å². The lowest BCUT2D eigenvalue weighted by molar-refractivity contribution is -0.127. The lowest BCUT2D eigenvalue weighted by Gasteiger charge is -2.19. The predicted octanol–water partition coefficient (Wildman–Crippen LogP) is 2.54. The van der Waals surface area contributed by atoms with E-state index in [4.69, 9.17) is 4.74 Å². The van der Waals surface area contributed by atoms with Gasteiger partial charge in [-0.05, 0) is 46.6 Å². The van der Waals surface area contributed by atoms with Gasteiger partial charge in [0.15, 0.2) is 6.10 Å². The van der Waals surface area contributed by atoms with E-state index in [2.05, 4.69) is 23.6 Å². The number of hydrogen-bond acceptors (Lipinski definition) is 3. The Morgan fingerprint density at radius 2 is 2.05 bits per heavy atom. The first-order valence-electron chi connectivity index (χ1n) is 7.75. The number of aryl methyl sites for hydroxylation is 1. The van der Waals surface area contributed by atoms with Gasteiger partial charge >= 0.3 is 0 Å². The Labute approximate surface area is 127 Å². The Hall–Kier alpha value is -1.55. The van der Waals surface area contributed by atoms with E-state index in [1.54, 1.807) is 6.92 Å². The van der Waals surface area contributed by atoms with Crippen molar-refractivity contribution in [3.8, 4) is 5.75 Å². The molecule has 0 bridgehead atoms. The van der Waals surface area contributed by atoms with E-state index in [1.807, 2.05) is 26.0 Å². The molecule has 2 N–H and O–H groups in total. The minimum Gasteiger partial charge on any atom is -0.481 e. The molecule has 1 unspecified atom stereocenters. The number of ether oxygens (including phenoxy) is 1. The fourth-order valence-electron chi connectivity index (χ4n) is 2.15. The summed E-state index contributed by atoms with van der Waals surface area (Å²) in [7, 11) is 0. The summed E-state index contributed by atoms with van der Waals surface area (Å²) in [4.78, 5) is 12.0. The van der Waals surface area contributed by atoms with Crippen LogP contribution in [0, 0.1) is 6.92 Å². The molecule has 1 aliphatic carbocycles. The maximum absolute atomic E-state index is 12.0. The largest absolute Gasteiger partial charge is 0.481 e. The van der Waals surface area contributed by atoms with Crippen molar-refractivity contribution in [1.82, 2.24) is 10.6 Å². The highest BCUT2D eigenvalue weighted by Gasteiger charge is 2.21. The number of benzene rings is 1. The first-order chi connectivity index (χ1) is 9.95. The molecular weight excluding hydrogens is 264 g/mol. The molecule has 116 valence electrons. The highest BCUT2D eigenvalue weighted by Crippen LogP contribution is 2.24. The Kier molecular flexibility index (Phi) is 5.23. The van der Waals surface area contributed by atoms with E-state index >= 15 is 0 Å². The van der Waals surface area contributed by atoms with Gasteiger partial charge in [0.05, 0.1) is 0 Å². The van der Waals surface area contributed by atoms with Crippen molar-refractivity contribution in [1.29, 1.82) is 0 Å². The molecule has 1 amide bonds. The molecule has 2 rings (SSSR count). The third-order valence-corrected chi connectivity index (χ3v) is 3.48. The van der Waals surface area contributed by atoms with Crippen LogP contribution in [0.3, 0.4) is 0 Å². The average molecular weight is 290 g/mol. The van der Waals surface area contributed by atoms with Crippen LogP contribution in [0.25, 0.3) is 0 Å².